The van der Waals surface area contributed by atoms with Crippen molar-refractivity contribution in [2.45, 2.75) is 29.7 Å². The molecule has 0 spiro atoms. The molecule has 1 aliphatic rings. The van der Waals surface area contributed by atoms with Crippen molar-refractivity contribution in [1.29, 1.82) is 0 Å². The number of halogens is 3. The second kappa shape index (κ2) is 7.02. The van der Waals surface area contributed by atoms with Gasteiger partial charge in [-0.1, -0.05) is 23.2 Å². The van der Waals surface area contributed by atoms with Crippen LogP contribution in [0.4, 0.5) is 0 Å². The van der Waals surface area contributed by atoms with Crippen LogP contribution in [0.1, 0.15) is 18.4 Å². The number of piperidine rings is 1. The maximum Gasteiger partial charge on any atom is 0.244 e. The van der Waals surface area contributed by atoms with E-state index in [-0.39, 0.29) is 21.9 Å². The average Bonchev–Trinajstić information content (AvgIpc) is 2.47. The summed E-state index contributed by atoms with van der Waals surface area (Å²) in [6.45, 7) is 0.783. The predicted octanol–water partition coefficient (Wildman–Crippen LogP) is 3.53. The smallest absolute Gasteiger partial charge is 0.244 e. The largest absolute Gasteiger partial charge is 0.380 e. The first-order chi connectivity index (χ1) is 9.90. The molecule has 0 aromatic heterocycles. The second-order valence-corrected chi connectivity index (χ2v) is 7.86. The van der Waals surface area contributed by atoms with Crippen molar-refractivity contribution < 1.29 is 13.2 Å². The van der Waals surface area contributed by atoms with E-state index in [9.17, 15) is 8.42 Å². The summed E-state index contributed by atoms with van der Waals surface area (Å²) in [5.41, 5.74) is 0.543. The second-order valence-electron chi connectivity index (χ2n) is 4.87. The Morgan fingerprint density at radius 3 is 2.67 bits per heavy atom. The molecule has 1 aliphatic heterocycles. The quantitative estimate of drug-likeness (QED) is 0.760. The van der Waals surface area contributed by atoms with Gasteiger partial charge in [0.25, 0.3) is 0 Å². The van der Waals surface area contributed by atoms with Crippen LogP contribution in [-0.2, 0) is 20.6 Å². The molecule has 1 fully saturated rings. The number of nitrogens with zero attached hydrogens (tertiary/aromatic N) is 1. The Morgan fingerprint density at radius 2 is 2.05 bits per heavy atom. The molecular weight excluding hydrogens is 357 g/mol. The van der Waals surface area contributed by atoms with Gasteiger partial charge in [0.05, 0.1) is 11.1 Å². The van der Waals surface area contributed by atoms with Crippen LogP contribution in [0.2, 0.25) is 10.0 Å². The van der Waals surface area contributed by atoms with Crippen molar-refractivity contribution in [2.24, 2.45) is 0 Å². The summed E-state index contributed by atoms with van der Waals surface area (Å²) in [6.07, 6.45) is 1.52. The molecule has 21 heavy (non-hydrogen) atoms. The zero-order valence-electron chi connectivity index (χ0n) is 11.5. The summed E-state index contributed by atoms with van der Waals surface area (Å²) in [6, 6.07) is 2.87. The van der Waals surface area contributed by atoms with Gasteiger partial charge in [0, 0.05) is 31.1 Å². The van der Waals surface area contributed by atoms with E-state index >= 15 is 0 Å². The van der Waals surface area contributed by atoms with E-state index in [1.807, 2.05) is 0 Å². The van der Waals surface area contributed by atoms with Crippen LogP contribution in [-0.4, -0.2) is 39.0 Å². The van der Waals surface area contributed by atoms with Crippen LogP contribution in [0.3, 0.4) is 0 Å². The van der Waals surface area contributed by atoms with E-state index in [0.717, 1.165) is 12.8 Å². The van der Waals surface area contributed by atoms with Gasteiger partial charge >= 0.3 is 0 Å². The Morgan fingerprint density at radius 1 is 1.33 bits per heavy atom. The number of hydrogen-bond acceptors (Lipinski definition) is 3. The van der Waals surface area contributed by atoms with Crippen molar-refractivity contribution in [3.8, 4) is 0 Å². The van der Waals surface area contributed by atoms with E-state index in [2.05, 4.69) is 0 Å². The van der Waals surface area contributed by atoms with E-state index in [0.29, 0.717) is 23.7 Å². The molecule has 2 rings (SSSR count). The van der Waals surface area contributed by atoms with Crippen LogP contribution in [0.25, 0.3) is 0 Å². The lowest BCUT2D eigenvalue weighted by Gasteiger charge is -2.31. The van der Waals surface area contributed by atoms with Crippen LogP contribution in [0.15, 0.2) is 17.0 Å². The number of benzene rings is 1. The number of sulfonamides is 1. The molecule has 0 radical (unpaired) electrons. The third-order valence-electron chi connectivity index (χ3n) is 3.54. The van der Waals surface area contributed by atoms with Gasteiger partial charge in [-0.3, -0.25) is 0 Å². The molecule has 4 nitrogen and oxygen atoms in total. The van der Waals surface area contributed by atoms with E-state index < -0.39 is 10.0 Å². The fraction of sp³-hybridized carbons (Fsp3) is 0.538. The third kappa shape index (κ3) is 3.66. The van der Waals surface area contributed by atoms with Gasteiger partial charge in [0.15, 0.2) is 0 Å². The van der Waals surface area contributed by atoms with Crippen molar-refractivity contribution in [3.05, 3.63) is 27.7 Å². The molecular formula is C13H16Cl3NO3S. The molecule has 0 saturated carbocycles. The van der Waals surface area contributed by atoms with Crippen molar-refractivity contribution in [2.75, 3.05) is 20.2 Å². The van der Waals surface area contributed by atoms with E-state index in [1.165, 1.54) is 16.4 Å². The Kier molecular flexibility index (Phi) is 5.79. The Hall–Kier alpha value is -0.0400. The van der Waals surface area contributed by atoms with Gasteiger partial charge in [0.2, 0.25) is 10.0 Å². The highest BCUT2D eigenvalue weighted by Crippen LogP contribution is 2.32. The molecule has 1 aromatic rings. The van der Waals surface area contributed by atoms with Crippen molar-refractivity contribution >= 4 is 44.8 Å². The standard InChI is InChI=1S/C13H16Cl3NO3S/c1-20-10-3-2-4-17(8-10)21(18,19)13-5-9(7-14)11(15)6-12(13)16/h5-6,10H,2-4,7-8H2,1H3. The van der Waals surface area contributed by atoms with Crippen LogP contribution < -0.4 is 0 Å². The zero-order valence-corrected chi connectivity index (χ0v) is 14.6. The lowest BCUT2D eigenvalue weighted by atomic mass is 10.1. The first kappa shape index (κ1) is 17.3. The molecule has 0 amide bonds. The fourth-order valence-corrected chi connectivity index (χ4v) is 4.96. The first-order valence-electron chi connectivity index (χ1n) is 6.47. The van der Waals surface area contributed by atoms with Gasteiger partial charge in [-0.15, -0.1) is 11.6 Å². The number of hydrogen-bond donors (Lipinski definition) is 0. The summed E-state index contributed by atoms with van der Waals surface area (Å²) >= 11 is 17.8. The van der Waals surface area contributed by atoms with Crippen molar-refractivity contribution in [1.82, 2.24) is 4.31 Å². The summed E-state index contributed by atoms with van der Waals surface area (Å²) in [5.74, 6) is 0.124. The molecule has 0 bridgehead atoms. The minimum atomic E-state index is -3.68. The molecule has 8 heteroatoms. The molecule has 0 aliphatic carbocycles. The average molecular weight is 373 g/mol. The van der Waals surface area contributed by atoms with Gasteiger partial charge in [-0.25, -0.2) is 8.42 Å². The molecule has 1 unspecified atom stereocenters. The SMILES string of the molecule is COC1CCCN(S(=O)(=O)c2cc(CCl)c(Cl)cc2Cl)C1. The monoisotopic (exact) mass is 371 g/mol. The Labute approximate surface area is 140 Å². The molecule has 118 valence electrons. The molecule has 1 heterocycles. The van der Waals surface area contributed by atoms with E-state index in [4.69, 9.17) is 39.5 Å². The van der Waals surface area contributed by atoms with Gasteiger partial charge in [0.1, 0.15) is 4.90 Å². The minimum absolute atomic E-state index is 0.0426. The van der Waals surface area contributed by atoms with Crippen molar-refractivity contribution in [3.63, 3.8) is 0 Å². The number of methoxy groups -OCH3 is 1. The summed E-state index contributed by atoms with van der Waals surface area (Å²) in [7, 11) is -2.10. The summed E-state index contributed by atoms with van der Waals surface area (Å²) in [5, 5.41) is 0.468. The summed E-state index contributed by atoms with van der Waals surface area (Å²) in [4.78, 5) is 0.0426. The zero-order chi connectivity index (χ0) is 15.6. The highest BCUT2D eigenvalue weighted by atomic mass is 35.5. The van der Waals surface area contributed by atoms with Crippen LogP contribution >= 0.6 is 34.8 Å². The summed E-state index contributed by atoms with van der Waals surface area (Å²) < 4.78 is 32.2. The maximum absolute atomic E-state index is 12.7. The molecule has 1 saturated heterocycles. The van der Waals surface area contributed by atoms with Gasteiger partial charge in [-0.2, -0.15) is 4.31 Å². The van der Waals surface area contributed by atoms with Crippen LogP contribution in [0, 0.1) is 0 Å². The number of alkyl halides is 1. The fourth-order valence-electron chi connectivity index (χ4n) is 2.33. The topological polar surface area (TPSA) is 46.6 Å². The van der Waals surface area contributed by atoms with Gasteiger partial charge in [-0.05, 0) is 30.5 Å². The highest BCUT2D eigenvalue weighted by molar-refractivity contribution is 7.89. The number of rotatable bonds is 4. The number of ether oxygens (including phenoxy) is 1. The van der Waals surface area contributed by atoms with E-state index in [1.54, 1.807) is 7.11 Å². The molecule has 1 atom stereocenters. The lowest BCUT2D eigenvalue weighted by molar-refractivity contribution is 0.0572. The molecule has 1 aromatic carbocycles. The third-order valence-corrected chi connectivity index (χ3v) is 6.51. The van der Waals surface area contributed by atoms with Crippen LogP contribution in [0.5, 0.6) is 0 Å². The predicted molar refractivity (Wildman–Crippen MR) is 84.8 cm³/mol. The minimum Gasteiger partial charge on any atom is -0.380 e. The Bertz CT molecular complexity index is 621. The highest BCUT2D eigenvalue weighted by Gasteiger charge is 2.32. The Balaban J connectivity index is 2.39. The lowest BCUT2D eigenvalue weighted by Crippen LogP contribution is -2.42. The first-order valence-corrected chi connectivity index (χ1v) is 9.20. The molecule has 0 N–H and O–H groups in total. The maximum atomic E-state index is 12.7. The normalized spacial score (nSPS) is 20.7. The van der Waals surface area contributed by atoms with Gasteiger partial charge < -0.3 is 4.74 Å².